The number of rotatable bonds is 4. The van der Waals surface area contributed by atoms with Gasteiger partial charge in [-0.25, -0.2) is 0 Å². The molecule has 0 radical (unpaired) electrons. The fourth-order valence-electron chi connectivity index (χ4n) is 3.29. The minimum atomic E-state index is -0.0632. The van der Waals surface area contributed by atoms with Crippen LogP contribution in [-0.2, 0) is 4.74 Å². The quantitative estimate of drug-likeness (QED) is 0.755. The summed E-state index contributed by atoms with van der Waals surface area (Å²) in [4.78, 5) is 0. The Morgan fingerprint density at radius 2 is 2.00 bits per heavy atom. The molecule has 3 rings (SSSR count). The van der Waals surface area contributed by atoms with Crippen LogP contribution < -0.4 is 8.35 Å². The molecule has 19 heavy (non-hydrogen) atoms. The van der Waals surface area contributed by atoms with E-state index in [4.69, 9.17) is 9.47 Å². The molecule has 1 aromatic carbocycles. The van der Waals surface area contributed by atoms with E-state index in [1.807, 2.05) is 0 Å². The monoisotopic (exact) mass is 376 g/mol. The first-order valence-electron chi connectivity index (χ1n) is 7.25. The summed E-state index contributed by atoms with van der Waals surface area (Å²) in [5, 5.41) is 0. The Morgan fingerprint density at radius 1 is 1.21 bits per heavy atom. The predicted octanol–water partition coefficient (Wildman–Crippen LogP) is 2.65. The fraction of sp³-hybridized carbons (Fsp3) is 0.625. The molecule has 0 aromatic heterocycles. The average molecular weight is 374 g/mol. The first-order valence-corrected chi connectivity index (χ1v) is 10.1. The number of ether oxygens (including phenoxy) is 2. The molecule has 0 amide bonds. The van der Waals surface area contributed by atoms with Crippen LogP contribution in [0.4, 0.5) is 0 Å². The Morgan fingerprint density at radius 3 is 2.79 bits per heavy atom. The Kier molecular flexibility index (Phi) is 4.69. The molecule has 1 heterocycles. The van der Waals surface area contributed by atoms with Gasteiger partial charge in [-0.2, -0.15) is 0 Å². The molecular formula is C16H22O2Te. The number of methoxy groups -OCH3 is 1. The standard InChI is InChI=1S/C16H22O2Te/c1-17-13-6-8-14(9-7-13)19-11-12-10-18-16-5-3-2-4-15(12)16/h6-9,12,15-16H,2-5,10-11H2,1H3/t12?,15-,16-/m0/s1. The van der Waals surface area contributed by atoms with Gasteiger partial charge in [0.15, 0.2) is 0 Å². The van der Waals surface area contributed by atoms with Crippen LogP contribution in [0.2, 0.25) is 4.47 Å². The molecule has 0 N–H and O–H groups in total. The average Bonchev–Trinajstić information content (AvgIpc) is 2.89. The van der Waals surface area contributed by atoms with Crippen LogP contribution >= 0.6 is 0 Å². The maximum absolute atomic E-state index is 6.00. The van der Waals surface area contributed by atoms with Crippen molar-refractivity contribution >= 4 is 24.5 Å². The minimum absolute atomic E-state index is 0.0632. The summed E-state index contributed by atoms with van der Waals surface area (Å²) in [5.41, 5.74) is 0. The summed E-state index contributed by atoms with van der Waals surface area (Å²) in [6.45, 7) is 1.02. The van der Waals surface area contributed by atoms with Crippen molar-refractivity contribution in [2.45, 2.75) is 36.3 Å². The van der Waals surface area contributed by atoms with Gasteiger partial charge in [0.1, 0.15) is 0 Å². The Labute approximate surface area is 125 Å². The molecule has 1 saturated heterocycles. The summed E-state index contributed by atoms with van der Waals surface area (Å²) in [6, 6.07) is 8.67. The van der Waals surface area contributed by atoms with Crippen LogP contribution in [0.1, 0.15) is 25.7 Å². The van der Waals surface area contributed by atoms with Gasteiger partial charge in [-0.3, -0.25) is 0 Å². The van der Waals surface area contributed by atoms with Gasteiger partial charge in [-0.1, -0.05) is 0 Å². The van der Waals surface area contributed by atoms with Gasteiger partial charge in [-0.15, -0.1) is 0 Å². The molecule has 2 aliphatic rings. The molecular weight excluding hydrogens is 352 g/mol. The summed E-state index contributed by atoms with van der Waals surface area (Å²) in [6.07, 6.45) is 6.12. The second kappa shape index (κ2) is 6.48. The van der Waals surface area contributed by atoms with Crippen molar-refractivity contribution in [3.05, 3.63) is 24.3 Å². The van der Waals surface area contributed by atoms with Gasteiger partial charge < -0.3 is 0 Å². The van der Waals surface area contributed by atoms with E-state index in [1.165, 1.54) is 30.2 Å². The van der Waals surface area contributed by atoms with Crippen molar-refractivity contribution in [2.24, 2.45) is 11.8 Å². The van der Waals surface area contributed by atoms with Crippen LogP contribution in [0.25, 0.3) is 0 Å². The van der Waals surface area contributed by atoms with Crippen molar-refractivity contribution in [2.75, 3.05) is 13.7 Å². The number of hydrogen-bond donors (Lipinski definition) is 0. The van der Waals surface area contributed by atoms with Gasteiger partial charge >= 0.3 is 126 Å². The van der Waals surface area contributed by atoms with Crippen molar-refractivity contribution in [1.82, 2.24) is 0 Å². The zero-order chi connectivity index (χ0) is 13.1. The third-order valence-corrected chi connectivity index (χ3v) is 7.83. The van der Waals surface area contributed by atoms with Gasteiger partial charge in [0, 0.05) is 0 Å². The van der Waals surface area contributed by atoms with Crippen LogP contribution in [0.3, 0.4) is 0 Å². The Bertz CT molecular complexity index is 404. The van der Waals surface area contributed by atoms with Gasteiger partial charge in [0.05, 0.1) is 0 Å². The molecule has 1 saturated carbocycles. The van der Waals surface area contributed by atoms with E-state index in [1.54, 1.807) is 10.7 Å². The maximum atomic E-state index is 6.00. The van der Waals surface area contributed by atoms with E-state index in [9.17, 15) is 0 Å². The zero-order valence-electron chi connectivity index (χ0n) is 11.5. The van der Waals surface area contributed by atoms with Crippen LogP contribution in [-0.4, -0.2) is 40.7 Å². The fourth-order valence-corrected chi connectivity index (χ4v) is 6.37. The topological polar surface area (TPSA) is 18.5 Å². The van der Waals surface area contributed by atoms with Gasteiger partial charge in [0.25, 0.3) is 0 Å². The molecule has 0 bridgehead atoms. The van der Waals surface area contributed by atoms with E-state index >= 15 is 0 Å². The molecule has 1 aliphatic heterocycles. The third kappa shape index (κ3) is 3.27. The molecule has 3 heteroatoms. The van der Waals surface area contributed by atoms with Crippen molar-refractivity contribution < 1.29 is 9.47 Å². The van der Waals surface area contributed by atoms with Crippen molar-refractivity contribution in [3.8, 4) is 5.75 Å². The normalized spacial score (nSPS) is 30.1. The van der Waals surface area contributed by atoms with E-state index in [0.29, 0.717) is 6.10 Å². The summed E-state index contributed by atoms with van der Waals surface area (Å²) < 4.78 is 14.2. The molecule has 1 aromatic rings. The van der Waals surface area contributed by atoms with Crippen LogP contribution in [0, 0.1) is 11.8 Å². The van der Waals surface area contributed by atoms with Crippen LogP contribution in [0.5, 0.6) is 5.75 Å². The molecule has 2 nitrogen and oxygen atoms in total. The summed E-state index contributed by atoms with van der Waals surface area (Å²) in [5.74, 6) is 2.68. The summed E-state index contributed by atoms with van der Waals surface area (Å²) >= 11 is -0.0632. The molecule has 0 spiro atoms. The van der Waals surface area contributed by atoms with Crippen molar-refractivity contribution in [1.29, 1.82) is 0 Å². The van der Waals surface area contributed by atoms with E-state index < -0.39 is 0 Å². The number of fused-ring (bicyclic) bond motifs is 1. The second-order valence-electron chi connectivity index (χ2n) is 5.57. The van der Waals surface area contributed by atoms with Crippen LogP contribution in [0.15, 0.2) is 24.3 Å². The Hall–Kier alpha value is -0.230. The molecule has 3 atom stereocenters. The van der Waals surface area contributed by atoms with E-state index in [-0.39, 0.29) is 20.9 Å². The van der Waals surface area contributed by atoms with E-state index in [0.717, 1.165) is 24.2 Å². The van der Waals surface area contributed by atoms with Gasteiger partial charge in [0.2, 0.25) is 0 Å². The molecule has 104 valence electrons. The second-order valence-corrected chi connectivity index (χ2v) is 8.69. The third-order valence-electron chi connectivity index (χ3n) is 4.41. The molecule has 1 unspecified atom stereocenters. The van der Waals surface area contributed by atoms with E-state index in [2.05, 4.69) is 24.3 Å². The SMILES string of the molecule is COc1ccc([Te]CC2CO[C@H]3CCCC[C@@H]23)cc1. The predicted molar refractivity (Wildman–Crippen MR) is 78.4 cm³/mol. The summed E-state index contributed by atoms with van der Waals surface area (Å²) in [7, 11) is 1.73. The zero-order valence-corrected chi connectivity index (χ0v) is 13.8. The van der Waals surface area contributed by atoms with Gasteiger partial charge in [-0.05, 0) is 0 Å². The molecule has 1 aliphatic carbocycles. The number of benzene rings is 1. The molecule has 2 fully saturated rings. The number of hydrogen-bond acceptors (Lipinski definition) is 2. The Balaban J connectivity index is 1.54. The van der Waals surface area contributed by atoms with Crippen molar-refractivity contribution in [3.63, 3.8) is 0 Å². The first-order chi connectivity index (χ1) is 9.36. The first kappa shape index (κ1) is 13.7.